The van der Waals surface area contributed by atoms with Crippen molar-refractivity contribution in [2.24, 2.45) is 0 Å². The Labute approximate surface area is 278 Å². The number of fused-ring (bicyclic) bond motifs is 14. The molecule has 226 valence electrons. The third kappa shape index (κ3) is 3.06. The Kier molecular flexibility index (Phi) is 4.66. The molecule has 0 aliphatic rings. The fourth-order valence-corrected chi connectivity index (χ4v) is 8.73. The Morgan fingerprint density at radius 3 is 1.24 bits per heavy atom. The molecule has 12 rings (SSSR count). The van der Waals surface area contributed by atoms with E-state index < -0.39 is 0 Å². The van der Waals surface area contributed by atoms with Gasteiger partial charge in [-0.05, 0) is 36.4 Å². The van der Waals surface area contributed by atoms with Crippen LogP contribution in [0.5, 0.6) is 0 Å². The minimum Gasteiger partial charge on any atom is -0.308 e. The largest absolute Gasteiger partial charge is 0.308 e. The van der Waals surface area contributed by atoms with Crippen LogP contribution in [0.25, 0.3) is 104 Å². The van der Waals surface area contributed by atoms with Crippen LogP contribution < -0.4 is 0 Å². The molecule has 0 N–H and O–H groups in total. The van der Waals surface area contributed by atoms with Crippen LogP contribution in [0.4, 0.5) is 0 Å². The van der Waals surface area contributed by atoms with Crippen LogP contribution in [-0.4, -0.2) is 23.7 Å². The molecule has 0 aliphatic carbocycles. The van der Waals surface area contributed by atoms with Gasteiger partial charge in [0.2, 0.25) is 0 Å². The molecule has 5 aromatic heterocycles. The van der Waals surface area contributed by atoms with Gasteiger partial charge in [-0.15, -0.1) is 10.2 Å². The number of para-hydroxylation sites is 5. The molecule has 0 bridgehead atoms. The number of rotatable bonds is 2. The lowest BCUT2D eigenvalue weighted by molar-refractivity contribution is 0.930. The topological polar surface area (TPSA) is 40.1 Å². The van der Waals surface area contributed by atoms with Gasteiger partial charge in [-0.2, -0.15) is 0 Å². The summed E-state index contributed by atoms with van der Waals surface area (Å²) in [5, 5.41) is 22.3. The van der Waals surface area contributed by atoms with Crippen LogP contribution >= 0.6 is 0 Å². The normalized spacial score (nSPS) is 12.5. The van der Waals surface area contributed by atoms with Crippen molar-refractivity contribution in [2.45, 2.75) is 0 Å². The molecule has 0 spiro atoms. The first-order valence-electron chi connectivity index (χ1n) is 16.7. The molecule has 49 heavy (non-hydrogen) atoms. The van der Waals surface area contributed by atoms with Gasteiger partial charge in [0.1, 0.15) is 0 Å². The highest BCUT2D eigenvalue weighted by molar-refractivity contribution is 6.34. The Morgan fingerprint density at radius 1 is 0.306 bits per heavy atom. The van der Waals surface area contributed by atoms with Crippen LogP contribution in [0, 0.1) is 0 Å². The molecule has 12 aromatic rings. The van der Waals surface area contributed by atoms with E-state index in [0.29, 0.717) is 0 Å². The van der Waals surface area contributed by atoms with Crippen molar-refractivity contribution >= 4 is 92.5 Å². The maximum absolute atomic E-state index is 5.18. The molecule has 0 radical (unpaired) electrons. The number of benzene rings is 7. The van der Waals surface area contributed by atoms with E-state index in [1.165, 1.54) is 59.6 Å². The van der Waals surface area contributed by atoms with E-state index in [1.54, 1.807) is 0 Å². The van der Waals surface area contributed by atoms with E-state index in [-0.39, 0.29) is 0 Å². The van der Waals surface area contributed by atoms with Crippen LogP contribution in [-0.2, 0) is 0 Å². The van der Waals surface area contributed by atoms with Gasteiger partial charge >= 0.3 is 0 Å². The first kappa shape index (κ1) is 25.4. The summed E-state index contributed by atoms with van der Waals surface area (Å²) in [6.07, 6.45) is 0. The van der Waals surface area contributed by atoms with Gasteiger partial charge in [0.15, 0.2) is 11.6 Å². The first-order chi connectivity index (χ1) is 24.4. The molecule has 7 aromatic carbocycles. The van der Waals surface area contributed by atoms with Gasteiger partial charge in [-0.1, -0.05) is 115 Å². The molecule has 0 saturated carbocycles. The molecular formula is C44H25N5. The molecule has 0 atom stereocenters. The van der Waals surface area contributed by atoms with Crippen molar-refractivity contribution in [1.82, 2.24) is 23.7 Å². The van der Waals surface area contributed by atoms with Crippen LogP contribution in [0.1, 0.15) is 0 Å². The summed E-state index contributed by atoms with van der Waals surface area (Å²) < 4.78 is 7.09. The van der Waals surface area contributed by atoms with Crippen LogP contribution in [0.15, 0.2) is 152 Å². The second kappa shape index (κ2) is 9.00. The van der Waals surface area contributed by atoms with Gasteiger partial charge in [0.05, 0.1) is 38.6 Å². The van der Waals surface area contributed by atoms with Crippen molar-refractivity contribution in [3.63, 3.8) is 0 Å². The van der Waals surface area contributed by atoms with Gasteiger partial charge in [-0.25, -0.2) is 0 Å². The Morgan fingerprint density at radius 2 is 0.673 bits per heavy atom. The predicted octanol–water partition coefficient (Wildman–Crippen LogP) is 11.0. The van der Waals surface area contributed by atoms with Crippen molar-refractivity contribution in [1.29, 1.82) is 0 Å². The van der Waals surface area contributed by atoms with E-state index in [0.717, 1.165) is 44.5 Å². The summed E-state index contributed by atoms with van der Waals surface area (Å²) in [6.45, 7) is 0. The molecule has 0 aliphatic heterocycles. The van der Waals surface area contributed by atoms with Crippen LogP contribution in [0.2, 0.25) is 0 Å². The van der Waals surface area contributed by atoms with E-state index in [9.17, 15) is 0 Å². The fourth-order valence-electron chi connectivity index (χ4n) is 8.73. The minimum atomic E-state index is 0.828. The Balaban J connectivity index is 1.27. The summed E-state index contributed by atoms with van der Waals surface area (Å²) in [6, 6.07) is 54.5. The van der Waals surface area contributed by atoms with Crippen molar-refractivity contribution < 1.29 is 0 Å². The van der Waals surface area contributed by atoms with Gasteiger partial charge in [0.25, 0.3) is 0 Å². The maximum atomic E-state index is 5.18. The Bertz CT molecular complexity index is 3290. The number of nitrogens with zero attached hydrogens (tertiary/aromatic N) is 5. The standard InChI is InChI=1S/C44H25N5/c1-2-18-31-30(17-1)43(48-36-21-9-3-13-26(36)27-14-4-10-22-37(27)48)45-46-44(31)49-38-23-11-6-16-29(38)34-25-33-28-15-5-8-20-35(28)47-39-24-12-7-19-32(39)40(41(33)47)42(34)49/h1-25H. The smallest absolute Gasteiger partial charge is 0.168 e. The highest BCUT2D eigenvalue weighted by Gasteiger charge is 2.26. The van der Waals surface area contributed by atoms with E-state index in [2.05, 4.69) is 165 Å². The highest BCUT2D eigenvalue weighted by Crippen LogP contribution is 2.47. The average molecular weight is 624 g/mol. The summed E-state index contributed by atoms with van der Waals surface area (Å²) in [4.78, 5) is 0. The molecule has 0 fully saturated rings. The SMILES string of the molecule is c1ccc2c(-n3c4ccccc4c4cc5c6ccccc6n6c7ccccc7c(c43)c56)nnc(-n3c4ccccc4c4ccccc43)c2c1. The van der Waals surface area contributed by atoms with E-state index >= 15 is 0 Å². The number of aromatic nitrogens is 5. The van der Waals surface area contributed by atoms with E-state index in [1.807, 2.05) is 0 Å². The molecule has 5 heterocycles. The average Bonchev–Trinajstić information content (AvgIpc) is 3.89. The molecule has 5 nitrogen and oxygen atoms in total. The summed E-state index contributed by atoms with van der Waals surface area (Å²) in [7, 11) is 0. The second-order valence-corrected chi connectivity index (χ2v) is 13.0. The lowest BCUT2D eigenvalue weighted by Crippen LogP contribution is -2.06. The number of hydrogen-bond donors (Lipinski definition) is 0. The molecule has 0 saturated heterocycles. The van der Waals surface area contributed by atoms with Gasteiger partial charge < -0.3 is 4.40 Å². The molecular weight excluding hydrogens is 599 g/mol. The predicted molar refractivity (Wildman–Crippen MR) is 203 cm³/mol. The van der Waals surface area contributed by atoms with Crippen molar-refractivity contribution in [2.75, 3.05) is 0 Å². The summed E-state index contributed by atoms with van der Waals surface area (Å²) in [5.74, 6) is 1.66. The lowest BCUT2D eigenvalue weighted by Gasteiger charge is -2.14. The van der Waals surface area contributed by atoms with Gasteiger partial charge in [0, 0.05) is 53.9 Å². The molecule has 5 heteroatoms. The fraction of sp³-hybridized carbons (Fsp3) is 0. The van der Waals surface area contributed by atoms with Crippen LogP contribution in [0.3, 0.4) is 0 Å². The zero-order valence-corrected chi connectivity index (χ0v) is 26.2. The quantitative estimate of drug-likeness (QED) is 0.192. The zero-order chi connectivity index (χ0) is 31.8. The molecule has 0 amide bonds. The lowest BCUT2D eigenvalue weighted by atomic mass is 10.0. The third-order valence-electron chi connectivity index (χ3n) is 10.7. The second-order valence-electron chi connectivity index (χ2n) is 13.0. The van der Waals surface area contributed by atoms with Crippen molar-refractivity contribution in [3.8, 4) is 11.6 Å². The van der Waals surface area contributed by atoms with Crippen molar-refractivity contribution in [3.05, 3.63) is 152 Å². The minimum absolute atomic E-state index is 0.828. The maximum Gasteiger partial charge on any atom is 0.168 e. The zero-order valence-electron chi connectivity index (χ0n) is 26.2. The highest BCUT2D eigenvalue weighted by atomic mass is 15.3. The monoisotopic (exact) mass is 623 g/mol. The molecule has 0 unspecified atom stereocenters. The summed E-state index contributed by atoms with van der Waals surface area (Å²) >= 11 is 0. The first-order valence-corrected chi connectivity index (χ1v) is 16.7. The Hall–Kier alpha value is -6.72. The van der Waals surface area contributed by atoms with Gasteiger partial charge in [-0.3, -0.25) is 9.13 Å². The number of hydrogen-bond acceptors (Lipinski definition) is 2. The summed E-state index contributed by atoms with van der Waals surface area (Å²) in [5.41, 5.74) is 8.20. The third-order valence-corrected chi connectivity index (χ3v) is 10.7. The van der Waals surface area contributed by atoms with E-state index in [4.69, 9.17) is 10.2 Å².